The van der Waals surface area contributed by atoms with E-state index >= 15 is 0 Å². The van der Waals surface area contributed by atoms with Gasteiger partial charge in [-0.3, -0.25) is 9.59 Å². The van der Waals surface area contributed by atoms with E-state index < -0.39 is 29.4 Å². The molecule has 4 aromatic rings. The summed E-state index contributed by atoms with van der Waals surface area (Å²) in [6.45, 7) is 6.57. The summed E-state index contributed by atoms with van der Waals surface area (Å²) in [7, 11) is 0. The lowest BCUT2D eigenvalue weighted by atomic mass is 9.69. The molecule has 0 unspecified atom stereocenters. The van der Waals surface area contributed by atoms with Crippen molar-refractivity contribution in [1.82, 2.24) is 14.6 Å². The van der Waals surface area contributed by atoms with Crippen LogP contribution in [0.4, 0.5) is 18.2 Å². The van der Waals surface area contributed by atoms with E-state index in [0.717, 1.165) is 35.8 Å². The van der Waals surface area contributed by atoms with Crippen molar-refractivity contribution in [3.63, 3.8) is 0 Å². The molecule has 0 spiro atoms. The zero-order valence-corrected chi connectivity index (χ0v) is 23.7. The van der Waals surface area contributed by atoms with E-state index in [0.29, 0.717) is 21.7 Å². The number of alkyl halides is 3. The van der Waals surface area contributed by atoms with Crippen LogP contribution in [-0.4, -0.2) is 26.4 Å². The number of hydrogen-bond acceptors (Lipinski definition) is 6. The molecule has 0 fully saturated rings. The lowest BCUT2D eigenvalue weighted by Crippen LogP contribution is -2.29. The number of halogens is 4. The number of carbonyl (C=O) groups excluding carboxylic acids is 2. The molecule has 3 N–H and O–H groups in total. The molecule has 4 aromatic heterocycles. The standard InChI is InChI=1S/C26H25ClF3N5O2S2/c1-4-25(2,3)12-7-8-13-16(10-12)39-24(18(13)21(31)36)33-23(37)20-19(27)22-32-14(15-6-5-9-38-15)11-17(26(28,29)30)35(22)34-20/h5-6,9,11-12H,4,7-8,10H2,1-3H3,(H2,31,36)(H,33,37)/t12-/m0/s1. The van der Waals surface area contributed by atoms with Crippen LogP contribution in [-0.2, 0) is 19.0 Å². The Hall–Kier alpha value is -2.96. The van der Waals surface area contributed by atoms with Crippen molar-refractivity contribution in [3.05, 3.63) is 56.0 Å². The Morgan fingerprint density at radius 1 is 1.31 bits per heavy atom. The second kappa shape index (κ2) is 9.90. The third-order valence-electron chi connectivity index (χ3n) is 7.57. The average molecular weight is 596 g/mol. The van der Waals surface area contributed by atoms with Crippen LogP contribution in [0.15, 0.2) is 23.6 Å². The van der Waals surface area contributed by atoms with Crippen molar-refractivity contribution in [2.45, 2.75) is 52.6 Å². The van der Waals surface area contributed by atoms with Crippen LogP contribution in [0.1, 0.15) is 70.6 Å². The maximum Gasteiger partial charge on any atom is 0.433 e. The minimum Gasteiger partial charge on any atom is -0.365 e. The minimum atomic E-state index is -4.79. The number of amides is 2. The Balaban J connectivity index is 1.54. The van der Waals surface area contributed by atoms with Crippen LogP contribution in [0.3, 0.4) is 0 Å². The second-order valence-corrected chi connectivity index (χ2v) is 12.6. The molecule has 2 amide bonds. The molecule has 1 aliphatic rings. The van der Waals surface area contributed by atoms with Gasteiger partial charge in [-0.1, -0.05) is 44.9 Å². The summed E-state index contributed by atoms with van der Waals surface area (Å²) < 4.78 is 42.4. The van der Waals surface area contributed by atoms with Crippen molar-refractivity contribution in [2.75, 3.05) is 5.32 Å². The number of rotatable bonds is 6. The molecule has 5 rings (SSSR count). The molecule has 7 nitrogen and oxygen atoms in total. The molecule has 39 heavy (non-hydrogen) atoms. The molecular weight excluding hydrogens is 571 g/mol. The summed E-state index contributed by atoms with van der Waals surface area (Å²) >= 11 is 8.88. The molecule has 1 aliphatic carbocycles. The van der Waals surface area contributed by atoms with Crippen LogP contribution < -0.4 is 11.1 Å². The Bertz CT molecular complexity index is 1590. The summed E-state index contributed by atoms with van der Waals surface area (Å²) in [5, 5.41) is 8.16. The number of nitrogens with zero attached hydrogens (tertiary/aromatic N) is 3. The SMILES string of the molecule is CCC(C)(C)[C@H]1CCc2c(sc(NC(=O)c3nn4c(C(F)(F)F)cc(-c5cccs5)nc4c3Cl)c2C(N)=O)C1. The number of thiophene rings is 2. The summed E-state index contributed by atoms with van der Waals surface area (Å²) in [5.41, 5.74) is 5.05. The van der Waals surface area contributed by atoms with Crippen molar-refractivity contribution in [2.24, 2.45) is 17.1 Å². The number of hydrogen-bond donors (Lipinski definition) is 2. The average Bonchev–Trinajstić information content (AvgIpc) is 3.60. The Labute approximate surface area is 235 Å². The fraction of sp³-hybridized carbons (Fsp3) is 0.385. The van der Waals surface area contributed by atoms with Gasteiger partial charge in [0.1, 0.15) is 10.0 Å². The van der Waals surface area contributed by atoms with Crippen LogP contribution in [0.25, 0.3) is 16.2 Å². The number of fused-ring (bicyclic) bond motifs is 2. The molecule has 0 saturated carbocycles. The molecule has 206 valence electrons. The van der Waals surface area contributed by atoms with Gasteiger partial charge in [0, 0.05) is 4.88 Å². The van der Waals surface area contributed by atoms with Crippen LogP contribution >= 0.6 is 34.3 Å². The van der Waals surface area contributed by atoms with E-state index in [4.69, 9.17) is 17.3 Å². The molecule has 0 radical (unpaired) electrons. The molecule has 4 heterocycles. The zero-order valence-electron chi connectivity index (χ0n) is 21.3. The van der Waals surface area contributed by atoms with Gasteiger partial charge in [0.05, 0.1) is 16.1 Å². The predicted octanol–water partition coefficient (Wildman–Crippen LogP) is 7.08. The summed E-state index contributed by atoms with van der Waals surface area (Å²) in [6, 6.07) is 4.20. The predicted molar refractivity (Wildman–Crippen MR) is 147 cm³/mol. The molecule has 1 atom stereocenters. The maximum absolute atomic E-state index is 14.0. The van der Waals surface area contributed by atoms with Gasteiger partial charge in [-0.25, -0.2) is 9.50 Å². The summed E-state index contributed by atoms with van der Waals surface area (Å²) in [4.78, 5) is 31.5. The normalized spacial score (nSPS) is 15.9. The fourth-order valence-corrected chi connectivity index (χ4v) is 7.20. The van der Waals surface area contributed by atoms with Crippen molar-refractivity contribution in [1.29, 1.82) is 0 Å². The fourth-order valence-electron chi connectivity index (χ4n) is 4.94. The second-order valence-electron chi connectivity index (χ2n) is 10.2. The van der Waals surface area contributed by atoms with Crippen LogP contribution in [0.2, 0.25) is 5.02 Å². The first-order valence-electron chi connectivity index (χ1n) is 12.3. The number of carbonyl (C=O) groups is 2. The van der Waals surface area contributed by atoms with Gasteiger partial charge in [0.2, 0.25) is 0 Å². The van der Waals surface area contributed by atoms with Gasteiger partial charge >= 0.3 is 6.18 Å². The number of aromatic nitrogens is 3. The van der Waals surface area contributed by atoms with E-state index in [1.165, 1.54) is 22.7 Å². The largest absolute Gasteiger partial charge is 0.433 e. The van der Waals surface area contributed by atoms with Gasteiger partial charge in [-0.15, -0.1) is 22.7 Å². The van der Waals surface area contributed by atoms with E-state index in [1.807, 2.05) is 0 Å². The minimum absolute atomic E-state index is 0.0603. The van der Waals surface area contributed by atoms with E-state index in [9.17, 15) is 22.8 Å². The maximum atomic E-state index is 14.0. The highest BCUT2D eigenvalue weighted by Crippen LogP contribution is 2.45. The molecule has 0 aromatic carbocycles. The third kappa shape index (κ3) is 4.93. The Morgan fingerprint density at radius 3 is 2.67 bits per heavy atom. The van der Waals surface area contributed by atoms with Crippen molar-refractivity contribution in [3.8, 4) is 10.6 Å². The topological polar surface area (TPSA) is 102 Å². The summed E-state index contributed by atoms with van der Waals surface area (Å²) in [6.07, 6.45) is -1.51. The molecule has 13 heteroatoms. The highest BCUT2D eigenvalue weighted by atomic mass is 35.5. The number of anilines is 1. The first-order valence-corrected chi connectivity index (χ1v) is 14.3. The molecule has 0 bridgehead atoms. The van der Waals surface area contributed by atoms with Crippen molar-refractivity contribution < 1.29 is 22.8 Å². The van der Waals surface area contributed by atoms with Gasteiger partial charge in [-0.05, 0) is 53.7 Å². The molecule has 0 aliphatic heterocycles. The third-order valence-corrected chi connectivity index (χ3v) is 9.98. The zero-order chi connectivity index (χ0) is 28.3. The number of nitrogens with two attached hydrogens (primary N) is 1. The quantitative estimate of drug-likeness (QED) is 0.248. The summed E-state index contributed by atoms with van der Waals surface area (Å²) in [5.74, 6) is -1.14. The first-order chi connectivity index (χ1) is 18.3. The highest BCUT2D eigenvalue weighted by Gasteiger charge is 2.38. The van der Waals surface area contributed by atoms with Crippen LogP contribution in [0.5, 0.6) is 0 Å². The van der Waals surface area contributed by atoms with Gasteiger partial charge in [0.25, 0.3) is 11.8 Å². The highest BCUT2D eigenvalue weighted by molar-refractivity contribution is 7.17. The lowest BCUT2D eigenvalue weighted by molar-refractivity contribution is -0.142. The number of nitrogens with one attached hydrogen (secondary N) is 1. The monoisotopic (exact) mass is 595 g/mol. The molecular formula is C26H25ClF3N5O2S2. The Morgan fingerprint density at radius 2 is 2.05 bits per heavy atom. The first kappa shape index (κ1) is 27.6. The van der Waals surface area contributed by atoms with E-state index in [-0.39, 0.29) is 32.3 Å². The van der Waals surface area contributed by atoms with Gasteiger partial charge < -0.3 is 11.1 Å². The lowest BCUT2D eigenvalue weighted by Gasteiger charge is -2.36. The van der Waals surface area contributed by atoms with Gasteiger partial charge in [0.15, 0.2) is 17.0 Å². The number of primary amides is 1. The van der Waals surface area contributed by atoms with Crippen LogP contribution in [0, 0.1) is 11.3 Å². The Kier molecular flexibility index (Phi) is 7.01. The smallest absolute Gasteiger partial charge is 0.365 e. The van der Waals surface area contributed by atoms with E-state index in [1.54, 1.807) is 17.5 Å². The van der Waals surface area contributed by atoms with Crippen molar-refractivity contribution >= 4 is 56.7 Å². The van der Waals surface area contributed by atoms with E-state index in [2.05, 4.69) is 36.2 Å². The van der Waals surface area contributed by atoms with Gasteiger partial charge in [-0.2, -0.15) is 18.3 Å². The molecule has 0 saturated heterocycles.